The van der Waals surface area contributed by atoms with Crippen molar-refractivity contribution in [1.82, 2.24) is 9.88 Å². The fourth-order valence-corrected chi connectivity index (χ4v) is 1.79. The number of rotatable bonds is 2. The Morgan fingerprint density at radius 1 is 1.60 bits per heavy atom. The van der Waals surface area contributed by atoms with Crippen molar-refractivity contribution in [2.45, 2.75) is 19.0 Å². The maximum absolute atomic E-state index is 11.5. The van der Waals surface area contributed by atoms with Crippen LogP contribution < -0.4 is 5.73 Å². The molecule has 0 aliphatic carbocycles. The Bertz CT molecular complexity index is 365. The maximum Gasteiger partial charge on any atom is 0.224 e. The van der Waals surface area contributed by atoms with Crippen molar-refractivity contribution >= 4 is 17.5 Å². The number of halogens is 1. The van der Waals surface area contributed by atoms with Gasteiger partial charge in [0.25, 0.3) is 0 Å². The van der Waals surface area contributed by atoms with Crippen LogP contribution in [-0.2, 0) is 11.3 Å². The first-order chi connectivity index (χ1) is 7.15. The van der Waals surface area contributed by atoms with Gasteiger partial charge in [-0.15, -0.1) is 0 Å². The van der Waals surface area contributed by atoms with E-state index >= 15 is 0 Å². The number of nitrogens with two attached hydrogens (primary N) is 1. The second-order valence-corrected chi connectivity index (χ2v) is 4.11. The second kappa shape index (κ2) is 4.16. The van der Waals surface area contributed by atoms with Crippen molar-refractivity contribution in [2.75, 3.05) is 6.54 Å². The van der Waals surface area contributed by atoms with Gasteiger partial charge in [0.1, 0.15) is 5.15 Å². The van der Waals surface area contributed by atoms with Gasteiger partial charge >= 0.3 is 0 Å². The summed E-state index contributed by atoms with van der Waals surface area (Å²) in [4.78, 5) is 17.2. The van der Waals surface area contributed by atoms with Gasteiger partial charge < -0.3 is 10.6 Å². The SMILES string of the molecule is NC1CC(=O)N(Cc2ccc(Cl)nc2)C1. The van der Waals surface area contributed by atoms with Crippen molar-refractivity contribution in [3.05, 3.63) is 29.0 Å². The molecule has 80 valence electrons. The summed E-state index contributed by atoms with van der Waals surface area (Å²) in [6.45, 7) is 1.19. The fourth-order valence-electron chi connectivity index (χ4n) is 1.68. The first-order valence-corrected chi connectivity index (χ1v) is 5.17. The Morgan fingerprint density at radius 3 is 2.93 bits per heavy atom. The van der Waals surface area contributed by atoms with Crippen LogP contribution in [0.2, 0.25) is 5.15 Å². The summed E-state index contributed by atoms with van der Waals surface area (Å²) in [5.74, 6) is 0.109. The fraction of sp³-hybridized carbons (Fsp3) is 0.400. The lowest BCUT2D eigenvalue weighted by atomic mass is 10.3. The number of carbonyl (C=O) groups excluding carboxylic acids is 1. The van der Waals surface area contributed by atoms with Crippen molar-refractivity contribution in [3.63, 3.8) is 0 Å². The van der Waals surface area contributed by atoms with Gasteiger partial charge in [-0.1, -0.05) is 17.7 Å². The van der Waals surface area contributed by atoms with Crippen LogP contribution in [-0.4, -0.2) is 28.4 Å². The van der Waals surface area contributed by atoms with Crippen LogP contribution in [0, 0.1) is 0 Å². The van der Waals surface area contributed by atoms with E-state index in [1.807, 2.05) is 6.07 Å². The van der Waals surface area contributed by atoms with Gasteiger partial charge in [0, 0.05) is 31.7 Å². The van der Waals surface area contributed by atoms with Crippen LogP contribution in [0.1, 0.15) is 12.0 Å². The Morgan fingerprint density at radius 2 is 2.40 bits per heavy atom. The first-order valence-electron chi connectivity index (χ1n) is 4.79. The van der Waals surface area contributed by atoms with E-state index < -0.39 is 0 Å². The van der Waals surface area contributed by atoms with Crippen LogP contribution in [0.4, 0.5) is 0 Å². The Labute approximate surface area is 93.0 Å². The predicted molar refractivity (Wildman–Crippen MR) is 57.3 cm³/mol. The minimum Gasteiger partial charge on any atom is -0.337 e. The lowest BCUT2D eigenvalue weighted by Gasteiger charge is -2.15. The van der Waals surface area contributed by atoms with Gasteiger partial charge in [-0.05, 0) is 11.6 Å². The zero-order valence-corrected chi connectivity index (χ0v) is 8.94. The molecule has 2 heterocycles. The van der Waals surface area contributed by atoms with E-state index in [1.54, 1.807) is 17.2 Å². The number of aromatic nitrogens is 1. The molecule has 1 saturated heterocycles. The number of likely N-dealkylation sites (tertiary alicyclic amines) is 1. The molecular formula is C10H12ClN3O. The van der Waals surface area contributed by atoms with Gasteiger partial charge in [-0.25, -0.2) is 4.98 Å². The summed E-state index contributed by atoms with van der Waals surface area (Å²) in [7, 11) is 0. The maximum atomic E-state index is 11.5. The third-order valence-corrected chi connectivity index (χ3v) is 2.63. The standard InChI is InChI=1S/C10H12ClN3O/c11-9-2-1-7(4-13-9)5-14-6-8(12)3-10(14)15/h1-2,4,8H,3,5-6,12H2. The number of nitrogens with zero attached hydrogens (tertiary/aromatic N) is 2. The zero-order valence-electron chi connectivity index (χ0n) is 8.19. The van der Waals surface area contributed by atoms with Crippen molar-refractivity contribution in [2.24, 2.45) is 5.73 Å². The van der Waals surface area contributed by atoms with Gasteiger partial charge in [0.15, 0.2) is 0 Å². The Hall–Kier alpha value is -1.13. The molecule has 1 aromatic rings. The summed E-state index contributed by atoms with van der Waals surface area (Å²) in [5.41, 5.74) is 6.67. The van der Waals surface area contributed by atoms with Gasteiger partial charge in [-0.3, -0.25) is 4.79 Å². The van der Waals surface area contributed by atoms with E-state index in [0.29, 0.717) is 24.7 Å². The monoisotopic (exact) mass is 225 g/mol. The second-order valence-electron chi connectivity index (χ2n) is 3.73. The van der Waals surface area contributed by atoms with Crippen LogP contribution in [0.3, 0.4) is 0 Å². The van der Waals surface area contributed by atoms with E-state index in [4.69, 9.17) is 17.3 Å². The van der Waals surface area contributed by atoms with E-state index in [1.165, 1.54) is 0 Å². The summed E-state index contributed by atoms with van der Waals surface area (Å²) in [6, 6.07) is 3.56. The largest absolute Gasteiger partial charge is 0.337 e. The van der Waals surface area contributed by atoms with Crippen LogP contribution in [0.25, 0.3) is 0 Å². The summed E-state index contributed by atoms with van der Waals surface area (Å²) in [5, 5.41) is 0.461. The molecule has 1 aromatic heterocycles. The Balaban J connectivity index is 2.03. The highest BCUT2D eigenvalue weighted by atomic mass is 35.5. The summed E-state index contributed by atoms with van der Waals surface area (Å²) in [6.07, 6.45) is 2.13. The van der Waals surface area contributed by atoms with Crippen molar-refractivity contribution in [1.29, 1.82) is 0 Å². The van der Waals surface area contributed by atoms with Gasteiger partial charge in [-0.2, -0.15) is 0 Å². The molecule has 1 fully saturated rings. The summed E-state index contributed by atoms with van der Waals surface area (Å²) >= 11 is 5.67. The number of hydrogen-bond donors (Lipinski definition) is 1. The smallest absolute Gasteiger partial charge is 0.224 e. The average Bonchev–Trinajstić information content (AvgIpc) is 2.49. The molecule has 1 unspecified atom stereocenters. The third kappa shape index (κ3) is 2.46. The molecule has 1 atom stereocenters. The number of pyridine rings is 1. The molecule has 2 rings (SSSR count). The molecule has 1 aliphatic rings. The minimum absolute atomic E-state index is 0.0299. The lowest BCUT2D eigenvalue weighted by molar-refractivity contribution is -0.128. The van der Waals surface area contributed by atoms with Crippen molar-refractivity contribution in [3.8, 4) is 0 Å². The quantitative estimate of drug-likeness (QED) is 0.758. The molecule has 4 nitrogen and oxygen atoms in total. The van der Waals surface area contributed by atoms with Gasteiger partial charge in [0.05, 0.1) is 0 Å². The van der Waals surface area contributed by atoms with E-state index in [9.17, 15) is 4.79 Å². The first kappa shape index (κ1) is 10.4. The number of amides is 1. The molecule has 15 heavy (non-hydrogen) atoms. The lowest BCUT2D eigenvalue weighted by Crippen LogP contribution is -2.27. The molecule has 2 N–H and O–H groups in total. The minimum atomic E-state index is -0.0299. The highest BCUT2D eigenvalue weighted by Crippen LogP contribution is 2.14. The van der Waals surface area contributed by atoms with Gasteiger partial charge in [0.2, 0.25) is 5.91 Å². The van der Waals surface area contributed by atoms with Crippen LogP contribution in [0.5, 0.6) is 0 Å². The van der Waals surface area contributed by atoms with E-state index in [-0.39, 0.29) is 11.9 Å². The molecule has 1 amide bonds. The molecule has 1 aliphatic heterocycles. The highest BCUT2D eigenvalue weighted by molar-refractivity contribution is 6.29. The normalized spacial score (nSPS) is 21.1. The topological polar surface area (TPSA) is 59.2 Å². The molecule has 0 saturated carbocycles. The Kier molecular flexibility index (Phi) is 2.88. The van der Waals surface area contributed by atoms with Crippen molar-refractivity contribution < 1.29 is 4.79 Å². The molecule has 0 bridgehead atoms. The average molecular weight is 226 g/mol. The third-order valence-electron chi connectivity index (χ3n) is 2.41. The zero-order chi connectivity index (χ0) is 10.8. The van der Waals surface area contributed by atoms with E-state index in [0.717, 1.165) is 5.56 Å². The molecule has 5 heteroatoms. The molecule has 0 radical (unpaired) electrons. The molecular weight excluding hydrogens is 214 g/mol. The highest BCUT2D eigenvalue weighted by Gasteiger charge is 2.26. The molecule has 0 spiro atoms. The number of hydrogen-bond acceptors (Lipinski definition) is 3. The van der Waals surface area contributed by atoms with Crippen LogP contribution in [0.15, 0.2) is 18.3 Å². The number of carbonyl (C=O) groups is 1. The summed E-state index contributed by atoms with van der Waals surface area (Å²) < 4.78 is 0. The van der Waals surface area contributed by atoms with Crippen LogP contribution >= 0.6 is 11.6 Å². The van der Waals surface area contributed by atoms with E-state index in [2.05, 4.69) is 4.98 Å². The molecule has 0 aromatic carbocycles. The predicted octanol–water partition coefficient (Wildman–Crippen LogP) is 0.795.